The molecule has 0 heterocycles. The Labute approximate surface area is 82.0 Å². The standard InChI is InChI=1S/C12H21N/c1-9(2)11(4)13-12-8-6-5-7-10(12)3/h9H,5-8H2,1-4H3. The zero-order valence-electron chi connectivity index (χ0n) is 9.35. The Morgan fingerprint density at radius 1 is 1.23 bits per heavy atom. The molecule has 0 spiro atoms. The lowest BCUT2D eigenvalue weighted by atomic mass is 9.97. The molecule has 0 aromatic rings. The smallest absolute Gasteiger partial charge is 0.0392 e. The van der Waals surface area contributed by atoms with E-state index >= 15 is 0 Å². The molecule has 0 bridgehead atoms. The Morgan fingerprint density at radius 2 is 1.85 bits per heavy atom. The van der Waals surface area contributed by atoms with E-state index < -0.39 is 0 Å². The molecule has 0 aromatic carbocycles. The predicted molar refractivity (Wildman–Crippen MR) is 59.1 cm³/mol. The van der Waals surface area contributed by atoms with E-state index in [0.717, 1.165) is 0 Å². The molecule has 0 amide bonds. The second kappa shape index (κ2) is 4.59. The minimum absolute atomic E-state index is 0.585. The van der Waals surface area contributed by atoms with Gasteiger partial charge < -0.3 is 0 Å². The van der Waals surface area contributed by atoms with Crippen LogP contribution in [0.25, 0.3) is 0 Å². The van der Waals surface area contributed by atoms with Crippen LogP contribution >= 0.6 is 0 Å². The first-order valence-electron chi connectivity index (χ1n) is 5.35. The molecule has 0 aliphatic heterocycles. The fourth-order valence-electron chi connectivity index (χ4n) is 1.53. The van der Waals surface area contributed by atoms with E-state index in [1.54, 1.807) is 0 Å². The van der Waals surface area contributed by atoms with Crippen molar-refractivity contribution < 1.29 is 0 Å². The van der Waals surface area contributed by atoms with Crippen LogP contribution in [0.4, 0.5) is 0 Å². The van der Waals surface area contributed by atoms with E-state index in [4.69, 9.17) is 4.99 Å². The van der Waals surface area contributed by atoms with Gasteiger partial charge in [0.05, 0.1) is 0 Å². The van der Waals surface area contributed by atoms with Gasteiger partial charge in [0.2, 0.25) is 0 Å². The molecule has 1 rings (SSSR count). The topological polar surface area (TPSA) is 12.4 Å². The summed E-state index contributed by atoms with van der Waals surface area (Å²) in [7, 11) is 0. The van der Waals surface area contributed by atoms with Gasteiger partial charge in [0.25, 0.3) is 0 Å². The SMILES string of the molecule is CC(=NC1=C(C)CCCC1)C(C)C. The van der Waals surface area contributed by atoms with Crippen LogP contribution in [-0.4, -0.2) is 5.71 Å². The van der Waals surface area contributed by atoms with Crippen LogP contribution in [0.1, 0.15) is 53.4 Å². The third-order valence-corrected chi connectivity index (χ3v) is 2.85. The summed E-state index contributed by atoms with van der Waals surface area (Å²) < 4.78 is 0. The van der Waals surface area contributed by atoms with Gasteiger partial charge in [-0.15, -0.1) is 0 Å². The Morgan fingerprint density at radius 3 is 2.38 bits per heavy atom. The van der Waals surface area contributed by atoms with Gasteiger partial charge >= 0.3 is 0 Å². The average molecular weight is 179 g/mol. The Bertz CT molecular complexity index is 234. The molecular formula is C12H21N. The molecular weight excluding hydrogens is 158 g/mol. The van der Waals surface area contributed by atoms with Crippen LogP contribution in [0.2, 0.25) is 0 Å². The highest BCUT2D eigenvalue weighted by molar-refractivity contribution is 5.84. The molecule has 0 atom stereocenters. The van der Waals surface area contributed by atoms with Crippen LogP contribution in [0.5, 0.6) is 0 Å². The summed E-state index contributed by atoms with van der Waals surface area (Å²) in [5.41, 5.74) is 4.14. The van der Waals surface area contributed by atoms with Crippen molar-refractivity contribution in [1.82, 2.24) is 0 Å². The van der Waals surface area contributed by atoms with Crippen LogP contribution < -0.4 is 0 Å². The van der Waals surface area contributed by atoms with Gasteiger partial charge in [-0.2, -0.15) is 0 Å². The lowest BCUT2D eigenvalue weighted by Gasteiger charge is -2.15. The lowest BCUT2D eigenvalue weighted by Crippen LogP contribution is -2.04. The number of allylic oxidation sites excluding steroid dienone is 2. The van der Waals surface area contributed by atoms with E-state index in [1.165, 1.54) is 42.7 Å². The van der Waals surface area contributed by atoms with Gasteiger partial charge in [-0.05, 0) is 45.4 Å². The first-order valence-corrected chi connectivity index (χ1v) is 5.35. The molecule has 1 nitrogen and oxygen atoms in total. The van der Waals surface area contributed by atoms with Crippen LogP contribution in [0, 0.1) is 5.92 Å². The Kier molecular flexibility index (Phi) is 3.71. The number of rotatable bonds is 2. The van der Waals surface area contributed by atoms with Crippen molar-refractivity contribution in [1.29, 1.82) is 0 Å². The third kappa shape index (κ3) is 2.98. The van der Waals surface area contributed by atoms with Gasteiger partial charge in [-0.25, -0.2) is 0 Å². The van der Waals surface area contributed by atoms with Gasteiger partial charge in [0, 0.05) is 11.4 Å². The quantitative estimate of drug-likeness (QED) is 0.569. The van der Waals surface area contributed by atoms with Crippen LogP contribution in [0.15, 0.2) is 16.3 Å². The van der Waals surface area contributed by atoms with Crippen molar-refractivity contribution in [3.05, 3.63) is 11.3 Å². The maximum Gasteiger partial charge on any atom is 0.0392 e. The van der Waals surface area contributed by atoms with Crippen LogP contribution in [-0.2, 0) is 0 Å². The van der Waals surface area contributed by atoms with Crippen molar-refractivity contribution in [3.63, 3.8) is 0 Å². The summed E-state index contributed by atoms with van der Waals surface area (Å²) in [5.74, 6) is 0.585. The zero-order valence-corrected chi connectivity index (χ0v) is 9.35. The summed E-state index contributed by atoms with van der Waals surface area (Å²) in [6, 6.07) is 0. The fourth-order valence-corrected chi connectivity index (χ4v) is 1.53. The van der Waals surface area contributed by atoms with Gasteiger partial charge in [-0.1, -0.05) is 19.4 Å². The normalized spacial score (nSPS) is 19.9. The van der Waals surface area contributed by atoms with Crippen molar-refractivity contribution >= 4 is 5.71 Å². The maximum atomic E-state index is 4.71. The molecule has 74 valence electrons. The monoisotopic (exact) mass is 179 g/mol. The second-order valence-corrected chi connectivity index (χ2v) is 4.34. The minimum atomic E-state index is 0.585. The molecule has 1 heteroatoms. The first kappa shape index (κ1) is 10.5. The summed E-state index contributed by atoms with van der Waals surface area (Å²) in [6.45, 7) is 8.78. The summed E-state index contributed by atoms with van der Waals surface area (Å²) in [5, 5.41) is 0. The van der Waals surface area contributed by atoms with Crippen molar-refractivity contribution in [2.24, 2.45) is 10.9 Å². The van der Waals surface area contributed by atoms with Crippen molar-refractivity contribution in [3.8, 4) is 0 Å². The molecule has 0 N–H and O–H groups in total. The molecule has 1 aliphatic rings. The largest absolute Gasteiger partial charge is 0.262 e. The molecule has 0 radical (unpaired) electrons. The summed E-state index contributed by atoms with van der Waals surface area (Å²) >= 11 is 0. The van der Waals surface area contributed by atoms with Gasteiger partial charge in [0.15, 0.2) is 0 Å². The van der Waals surface area contributed by atoms with E-state index in [2.05, 4.69) is 27.7 Å². The fraction of sp³-hybridized carbons (Fsp3) is 0.750. The van der Waals surface area contributed by atoms with Crippen molar-refractivity contribution in [2.45, 2.75) is 53.4 Å². The molecule has 13 heavy (non-hydrogen) atoms. The predicted octanol–water partition coefficient (Wildman–Crippen LogP) is 3.95. The van der Waals surface area contributed by atoms with E-state index in [0.29, 0.717) is 5.92 Å². The molecule has 0 saturated heterocycles. The summed E-state index contributed by atoms with van der Waals surface area (Å²) in [4.78, 5) is 4.71. The number of aliphatic imine (C=N–C) groups is 1. The van der Waals surface area contributed by atoms with Gasteiger partial charge in [0.1, 0.15) is 0 Å². The molecule has 0 unspecified atom stereocenters. The molecule has 0 fully saturated rings. The van der Waals surface area contributed by atoms with Gasteiger partial charge in [-0.3, -0.25) is 4.99 Å². The Balaban J connectivity index is 2.76. The number of hydrogen-bond acceptors (Lipinski definition) is 1. The highest BCUT2D eigenvalue weighted by Crippen LogP contribution is 2.25. The highest BCUT2D eigenvalue weighted by atomic mass is 14.8. The Hall–Kier alpha value is -0.590. The lowest BCUT2D eigenvalue weighted by molar-refractivity contribution is 0.665. The van der Waals surface area contributed by atoms with Crippen LogP contribution in [0.3, 0.4) is 0 Å². The average Bonchev–Trinajstić information content (AvgIpc) is 2.08. The molecule has 0 saturated carbocycles. The zero-order chi connectivity index (χ0) is 9.84. The second-order valence-electron chi connectivity index (χ2n) is 4.34. The number of hydrogen-bond donors (Lipinski definition) is 0. The maximum absolute atomic E-state index is 4.71. The first-order chi connectivity index (χ1) is 6.11. The summed E-state index contributed by atoms with van der Waals surface area (Å²) in [6.07, 6.45) is 5.12. The highest BCUT2D eigenvalue weighted by Gasteiger charge is 2.09. The van der Waals surface area contributed by atoms with E-state index in [9.17, 15) is 0 Å². The minimum Gasteiger partial charge on any atom is -0.262 e. The molecule has 1 aliphatic carbocycles. The molecule has 0 aromatic heterocycles. The third-order valence-electron chi connectivity index (χ3n) is 2.85. The number of nitrogens with zero attached hydrogens (tertiary/aromatic N) is 1. The van der Waals surface area contributed by atoms with E-state index in [1.807, 2.05) is 0 Å². The van der Waals surface area contributed by atoms with Crippen molar-refractivity contribution in [2.75, 3.05) is 0 Å². The van der Waals surface area contributed by atoms with E-state index in [-0.39, 0.29) is 0 Å².